The zero-order valence-corrected chi connectivity index (χ0v) is 13.9. The van der Waals surface area contributed by atoms with Crippen LogP contribution in [0.5, 0.6) is 5.75 Å². The van der Waals surface area contributed by atoms with Crippen LogP contribution >= 0.6 is 11.6 Å². The van der Waals surface area contributed by atoms with Gasteiger partial charge in [-0.15, -0.1) is 0 Å². The normalized spacial score (nSPS) is 10.5. The van der Waals surface area contributed by atoms with Crippen LogP contribution in [0.2, 0.25) is 5.02 Å². The number of amides is 1. The first-order valence-electron chi connectivity index (χ1n) is 7.57. The van der Waals surface area contributed by atoms with Gasteiger partial charge < -0.3 is 4.74 Å². The Balaban J connectivity index is 2.96. The van der Waals surface area contributed by atoms with E-state index in [1.165, 1.54) is 11.9 Å². The molecule has 1 amide bonds. The molecule has 1 N–H and O–H groups in total. The number of benzene rings is 1. The van der Waals surface area contributed by atoms with Gasteiger partial charge in [0.2, 0.25) is 5.91 Å². The molecular formula is C16H25ClN2O2. The molecule has 21 heavy (non-hydrogen) atoms. The number of para-hydroxylation sites is 1. The molecule has 0 aliphatic heterocycles. The molecule has 0 spiro atoms. The smallest absolute Gasteiger partial charge is 0.238 e. The van der Waals surface area contributed by atoms with Gasteiger partial charge in [0.05, 0.1) is 11.6 Å². The van der Waals surface area contributed by atoms with Crippen LogP contribution in [0.1, 0.15) is 46.5 Å². The summed E-state index contributed by atoms with van der Waals surface area (Å²) in [6.07, 6.45) is 4.07. The number of rotatable bonds is 9. The Hall–Kier alpha value is -1.26. The maximum Gasteiger partial charge on any atom is 0.238 e. The lowest BCUT2D eigenvalue weighted by atomic mass is 10.2. The van der Waals surface area contributed by atoms with Crippen LogP contribution in [0.25, 0.3) is 0 Å². The maximum atomic E-state index is 11.9. The van der Waals surface area contributed by atoms with Crippen molar-refractivity contribution in [1.29, 1.82) is 0 Å². The molecule has 0 heterocycles. The molecule has 1 aromatic carbocycles. The first-order chi connectivity index (χ1) is 10.1. The van der Waals surface area contributed by atoms with Crippen molar-refractivity contribution < 1.29 is 9.53 Å². The molecule has 1 aromatic rings. The lowest BCUT2D eigenvalue weighted by Crippen LogP contribution is -2.42. The van der Waals surface area contributed by atoms with E-state index in [2.05, 4.69) is 19.3 Å². The van der Waals surface area contributed by atoms with Crippen molar-refractivity contribution in [3.8, 4) is 5.75 Å². The standard InChI is InChI=1S/C16H25ClN2O2/c1-4-6-11-18-19(13(3)20)16-14(17)9-8-10-15(16)21-12-7-5-2/h8-10,18H,4-7,11-12H2,1-3H3. The van der Waals surface area contributed by atoms with Gasteiger partial charge in [0.25, 0.3) is 0 Å². The highest BCUT2D eigenvalue weighted by molar-refractivity contribution is 6.34. The predicted octanol–water partition coefficient (Wildman–Crippen LogP) is 4.18. The first-order valence-corrected chi connectivity index (χ1v) is 7.95. The highest BCUT2D eigenvalue weighted by atomic mass is 35.5. The second kappa shape index (κ2) is 9.64. The molecule has 0 atom stereocenters. The van der Waals surface area contributed by atoms with Crippen molar-refractivity contribution in [2.75, 3.05) is 18.2 Å². The quantitative estimate of drug-likeness (QED) is 0.549. The Morgan fingerprint density at radius 3 is 2.62 bits per heavy atom. The average Bonchev–Trinajstić information content (AvgIpc) is 2.45. The number of hydrazine groups is 1. The SMILES string of the molecule is CCCCNN(C(C)=O)c1c(Cl)cccc1OCCCC. The van der Waals surface area contributed by atoms with Crippen LogP contribution in [0.4, 0.5) is 5.69 Å². The fourth-order valence-electron chi connectivity index (χ4n) is 1.87. The van der Waals surface area contributed by atoms with Gasteiger partial charge in [-0.05, 0) is 25.0 Å². The molecule has 0 aliphatic rings. The molecule has 0 aromatic heterocycles. The zero-order chi connectivity index (χ0) is 15.7. The number of anilines is 1. The van der Waals surface area contributed by atoms with Crippen LogP contribution in [0.15, 0.2) is 18.2 Å². The number of unbranched alkanes of at least 4 members (excludes halogenated alkanes) is 2. The van der Waals surface area contributed by atoms with Crippen molar-refractivity contribution in [2.24, 2.45) is 0 Å². The van der Waals surface area contributed by atoms with Crippen LogP contribution in [0.3, 0.4) is 0 Å². The molecule has 4 nitrogen and oxygen atoms in total. The number of halogens is 1. The Labute approximate surface area is 132 Å². The maximum absolute atomic E-state index is 11.9. The lowest BCUT2D eigenvalue weighted by Gasteiger charge is -2.25. The summed E-state index contributed by atoms with van der Waals surface area (Å²) >= 11 is 6.28. The predicted molar refractivity (Wildman–Crippen MR) is 87.9 cm³/mol. The number of nitrogens with one attached hydrogen (secondary N) is 1. The van der Waals surface area contributed by atoms with Crippen molar-refractivity contribution >= 4 is 23.2 Å². The second-order valence-corrected chi connectivity index (χ2v) is 5.31. The number of carbonyl (C=O) groups is 1. The van der Waals surface area contributed by atoms with Crippen molar-refractivity contribution in [3.05, 3.63) is 23.2 Å². The number of hydrogen-bond donors (Lipinski definition) is 1. The molecule has 5 heteroatoms. The Morgan fingerprint density at radius 2 is 2.00 bits per heavy atom. The van der Waals surface area contributed by atoms with Crippen molar-refractivity contribution in [3.63, 3.8) is 0 Å². The van der Waals surface area contributed by atoms with Gasteiger partial charge in [-0.25, -0.2) is 10.4 Å². The highest BCUT2D eigenvalue weighted by Gasteiger charge is 2.19. The minimum absolute atomic E-state index is 0.112. The summed E-state index contributed by atoms with van der Waals surface area (Å²) in [4.78, 5) is 11.9. The number of carbonyl (C=O) groups excluding carboxylic acids is 1. The molecule has 0 fully saturated rings. The molecule has 0 aliphatic carbocycles. The number of nitrogens with zero attached hydrogens (tertiary/aromatic N) is 1. The summed E-state index contributed by atoms with van der Waals surface area (Å²) in [5.41, 5.74) is 3.72. The molecule has 1 rings (SSSR count). The van der Waals surface area contributed by atoms with Crippen LogP contribution in [-0.2, 0) is 4.79 Å². The second-order valence-electron chi connectivity index (χ2n) is 4.90. The zero-order valence-electron chi connectivity index (χ0n) is 13.1. The Kier molecular flexibility index (Phi) is 8.16. The lowest BCUT2D eigenvalue weighted by molar-refractivity contribution is -0.117. The van der Waals surface area contributed by atoms with E-state index in [-0.39, 0.29) is 5.91 Å². The first kappa shape index (κ1) is 17.8. The summed E-state index contributed by atoms with van der Waals surface area (Å²) in [5, 5.41) is 1.99. The molecule has 0 unspecified atom stereocenters. The topological polar surface area (TPSA) is 41.6 Å². The van der Waals surface area contributed by atoms with Crippen molar-refractivity contribution in [1.82, 2.24) is 5.43 Å². The average molecular weight is 313 g/mol. The van der Waals surface area contributed by atoms with Crippen molar-refractivity contribution in [2.45, 2.75) is 46.5 Å². The molecule has 0 bridgehead atoms. The molecule has 118 valence electrons. The third-order valence-corrected chi connectivity index (χ3v) is 3.35. The van der Waals surface area contributed by atoms with E-state index >= 15 is 0 Å². The van der Waals surface area contributed by atoms with Crippen LogP contribution in [-0.4, -0.2) is 19.1 Å². The van der Waals surface area contributed by atoms with E-state index in [0.717, 1.165) is 32.2 Å². The summed E-state index contributed by atoms with van der Waals surface area (Å²) in [6, 6.07) is 5.44. The van der Waals surface area contributed by atoms with E-state index in [9.17, 15) is 4.79 Å². The number of ether oxygens (including phenoxy) is 1. The fraction of sp³-hybridized carbons (Fsp3) is 0.562. The summed E-state index contributed by atoms with van der Waals surface area (Å²) in [5.74, 6) is 0.523. The summed E-state index contributed by atoms with van der Waals surface area (Å²) in [6.45, 7) is 7.06. The Bertz CT molecular complexity index is 452. The largest absolute Gasteiger partial charge is 0.491 e. The van der Waals surface area contributed by atoms with Crippen LogP contribution in [0, 0.1) is 0 Å². The van der Waals surface area contributed by atoms with E-state index in [4.69, 9.17) is 16.3 Å². The Morgan fingerprint density at radius 1 is 1.29 bits per heavy atom. The van der Waals surface area contributed by atoms with Gasteiger partial charge in [0.15, 0.2) is 0 Å². The van der Waals surface area contributed by atoms with Crippen LogP contribution < -0.4 is 15.2 Å². The van der Waals surface area contributed by atoms with Gasteiger partial charge in [0, 0.05) is 13.5 Å². The van der Waals surface area contributed by atoms with E-state index in [1.807, 2.05) is 12.1 Å². The summed E-state index contributed by atoms with van der Waals surface area (Å²) in [7, 11) is 0. The van der Waals surface area contributed by atoms with E-state index < -0.39 is 0 Å². The van der Waals surface area contributed by atoms with Gasteiger partial charge in [-0.3, -0.25) is 4.79 Å². The molecule has 0 saturated carbocycles. The van der Waals surface area contributed by atoms with Gasteiger partial charge in [-0.1, -0.05) is 44.4 Å². The minimum Gasteiger partial charge on any atom is -0.491 e. The monoisotopic (exact) mass is 312 g/mol. The molecular weight excluding hydrogens is 288 g/mol. The summed E-state index contributed by atoms with van der Waals surface area (Å²) < 4.78 is 5.78. The molecule has 0 saturated heterocycles. The van der Waals surface area contributed by atoms with Gasteiger partial charge in [0.1, 0.15) is 11.4 Å². The molecule has 0 radical (unpaired) electrons. The van der Waals surface area contributed by atoms with E-state index in [0.29, 0.717) is 23.1 Å². The van der Waals surface area contributed by atoms with Gasteiger partial charge >= 0.3 is 0 Å². The third-order valence-electron chi connectivity index (χ3n) is 3.04. The minimum atomic E-state index is -0.112. The highest BCUT2D eigenvalue weighted by Crippen LogP contribution is 2.35. The number of hydrogen-bond acceptors (Lipinski definition) is 3. The van der Waals surface area contributed by atoms with Gasteiger partial charge in [-0.2, -0.15) is 0 Å². The van der Waals surface area contributed by atoms with E-state index in [1.54, 1.807) is 6.07 Å². The fourth-order valence-corrected chi connectivity index (χ4v) is 2.12. The third kappa shape index (κ3) is 5.56.